The lowest BCUT2D eigenvalue weighted by Crippen LogP contribution is -2.48. The Hall–Kier alpha value is -2.71. The standard InChI is InChI=1S/C26H33N3O4S/c1-5-33-24-12-11-23(17-18(24)2)34(31,32)28-22-13-15-26(16-14-22)25(30)29(20(4)27-26)19(3)21-9-7-6-8-10-21/h6-12,17,19,22,28H,5,13-16H2,1-4H3. The molecule has 34 heavy (non-hydrogen) atoms. The van der Waals surface area contributed by atoms with Crippen molar-refractivity contribution < 1.29 is 17.9 Å². The number of amidine groups is 1. The largest absolute Gasteiger partial charge is 0.494 e. The lowest BCUT2D eigenvalue weighted by molar-refractivity contribution is -0.133. The van der Waals surface area contributed by atoms with Gasteiger partial charge in [0, 0.05) is 6.04 Å². The van der Waals surface area contributed by atoms with Crippen molar-refractivity contribution in [3.8, 4) is 5.75 Å². The molecule has 1 atom stereocenters. The quantitative estimate of drug-likeness (QED) is 0.633. The minimum absolute atomic E-state index is 0.0183. The summed E-state index contributed by atoms with van der Waals surface area (Å²) in [7, 11) is -3.67. The Morgan fingerprint density at radius 2 is 1.82 bits per heavy atom. The van der Waals surface area contributed by atoms with Gasteiger partial charge in [-0.1, -0.05) is 30.3 Å². The van der Waals surface area contributed by atoms with Crippen LogP contribution in [0.3, 0.4) is 0 Å². The summed E-state index contributed by atoms with van der Waals surface area (Å²) in [4.78, 5) is 20.3. The predicted octanol–water partition coefficient (Wildman–Crippen LogP) is 4.38. The third-order valence-electron chi connectivity index (χ3n) is 6.90. The fourth-order valence-corrected chi connectivity index (χ4v) is 6.44. The minimum atomic E-state index is -3.67. The van der Waals surface area contributed by atoms with Crippen LogP contribution in [0.25, 0.3) is 0 Å². The Bertz CT molecular complexity index is 1190. The van der Waals surface area contributed by atoms with Crippen LogP contribution >= 0.6 is 0 Å². The van der Waals surface area contributed by atoms with E-state index in [0.29, 0.717) is 38.0 Å². The maximum absolute atomic E-state index is 13.5. The Morgan fingerprint density at radius 1 is 1.15 bits per heavy atom. The summed E-state index contributed by atoms with van der Waals surface area (Å²) in [6, 6.07) is 14.5. The van der Waals surface area contributed by atoms with E-state index in [0.717, 1.165) is 17.0 Å². The molecule has 1 amide bonds. The van der Waals surface area contributed by atoms with Crippen molar-refractivity contribution in [2.75, 3.05) is 6.61 Å². The van der Waals surface area contributed by atoms with E-state index in [1.807, 2.05) is 58.0 Å². The molecule has 1 aliphatic carbocycles. The second kappa shape index (κ2) is 9.50. The molecule has 2 aromatic carbocycles. The molecule has 2 aliphatic rings. The third-order valence-corrected chi connectivity index (χ3v) is 8.42. The Morgan fingerprint density at radius 3 is 2.44 bits per heavy atom. The van der Waals surface area contributed by atoms with Crippen molar-refractivity contribution in [1.82, 2.24) is 9.62 Å². The predicted molar refractivity (Wildman–Crippen MR) is 132 cm³/mol. The first-order valence-electron chi connectivity index (χ1n) is 11.9. The molecule has 1 unspecified atom stereocenters. The van der Waals surface area contributed by atoms with Crippen LogP contribution in [0.4, 0.5) is 0 Å². The molecule has 1 spiro atoms. The van der Waals surface area contributed by atoms with Gasteiger partial charge < -0.3 is 4.74 Å². The van der Waals surface area contributed by atoms with Crippen molar-refractivity contribution >= 4 is 21.8 Å². The average Bonchev–Trinajstić information content (AvgIpc) is 3.06. The molecule has 0 radical (unpaired) electrons. The lowest BCUT2D eigenvalue weighted by Gasteiger charge is -2.35. The van der Waals surface area contributed by atoms with Gasteiger partial charge in [-0.05, 0) is 82.7 Å². The van der Waals surface area contributed by atoms with Crippen LogP contribution in [0.1, 0.15) is 63.6 Å². The molecule has 182 valence electrons. The topological polar surface area (TPSA) is 88.1 Å². The fourth-order valence-electron chi connectivity index (χ4n) is 5.05. The second-order valence-corrected chi connectivity index (χ2v) is 10.9. The molecular formula is C26H33N3O4S. The Labute approximate surface area is 202 Å². The molecule has 1 N–H and O–H groups in total. The summed E-state index contributed by atoms with van der Waals surface area (Å²) >= 11 is 0. The van der Waals surface area contributed by atoms with E-state index in [1.54, 1.807) is 23.1 Å². The summed E-state index contributed by atoms with van der Waals surface area (Å²) in [5.41, 5.74) is 1.06. The Kier molecular flexibility index (Phi) is 6.82. The Balaban J connectivity index is 1.43. The van der Waals surface area contributed by atoms with Crippen molar-refractivity contribution in [1.29, 1.82) is 0 Å². The number of aliphatic imine (C=N–C) groups is 1. The molecule has 0 bridgehead atoms. The zero-order valence-electron chi connectivity index (χ0n) is 20.2. The van der Waals surface area contributed by atoms with Crippen molar-refractivity contribution in [3.05, 3.63) is 59.7 Å². The molecule has 0 aromatic heterocycles. The van der Waals surface area contributed by atoms with Crippen LogP contribution in [0.2, 0.25) is 0 Å². The van der Waals surface area contributed by atoms with Gasteiger partial charge in [0.05, 0.1) is 17.5 Å². The number of sulfonamides is 1. The number of amides is 1. The van der Waals surface area contributed by atoms with Crippen LogP contribution in [-0.4, -0.2) is 43.2 Å². The van der Waals surface area contributed by atoms with E-state index >= 15 is 0 Å². The van der Waals surface area contributed by atoms with E-state index in [2.05, 4.69) is 4.72 Å². The molecular weight excluding hydrogens is 450 g/mol. The number of hydrogen-bond acceptors (Lipinski definition) is 5. The molecule has 2 aromatic rings. The highest BCUT2D eigenvalue weighted by Crippen LogP contribution is 2.40. The highest BCUT2D eigenvalue weighted by atomic mass is 32.2. The van der Waals surface area contributed by atoms with Gasteiger partial charge >= 0.3 is 0 Å². The SMILES string of the molecule is CCOc1ccc(S(=O)(=O)NC2CCC3(CC2)N=C(C)N(C(C)c2ccccc2)C3=O)cc1C. The summed E-state index contributed by atoms with van der Waals surface area (Å²) in [6.45, 7) is 8.16. The molecule has 0 saturated heterocycles. The number of ether oxygens (including phenoxy) is 1. The zero-order valence-corrected chi connectivity index (χ0v) is 21.1. The number of nitrogens with zero attached hydrogens (tertiary/aromatic N) is 2. The minimum Gasteiger partial charge on any atom is -0.494 e. The van der Waals surface area contributed by atoms with Crippen LogP contribution in [0.5, 0.6) is 5.75 Å². The number of carbonyl (C=O) groups is 1. The van der Waals surface area contributed by atoms with Crippen LogP contribution < -0.4 is 9.46 Å². The molecule has 1 saturated carbocycles. The van der Waals surface area contributed by atoms with Crippen molar-refractivity contribution in [3.63, 3.8) is 0 Å². The first-order valence-corrected chi connectivity index (χ1v) is 13.4. The lowest BCUT2D eigenvalue weighted by atomic mass is 9.79. The summed E-state index contributed by atoms with van der Waals surface area (Å²) in [5, 5.41) is 0. The summed E-state index contributed by atoms with van der Waals surface area (Å²) < 4.78 is 34.3. The molecule has 1 heterocycles. The first kappa shape index (κ1) is 24.4. The number of aryl methyl sites for hydroxylation is 1. The second-order valence-electron chi connectivity index (χ2n) is 9.21. The average molecular weight is 484 g/mol. The summed E-state index contributed by atoms with van der Waals surface area (Å²) in [5.74, 6) is 1.43. The smallest absolute Gasteiger partial charge is 0.256 e. The number of nitrogens with one attached hydrogen (secondary N) is 1. The molecule has 1 aliphatic heterocycles. The summed E-state index contributed by atoms with van der Waals surface area (Å²) in [6.07, 6.45) is 2.17. The number of hydrogen-bond donors (Lipinski definition) is 1. The normalized spacial score (nSPS) is 23.8. The van der Waals surface area contributed by atoms with Gasteiger partial charge in [-0.15, -0.1) is 0 Å². The highest BCUT2D eigenvalue weighted by Gasteiger charge is 2.50. The van der Waals surface area contributed by atoms with Gasteiger partial charge in [-0.2, -0.15) is 0 Å². The maximum atomic E-state index is 13.5. The number of carbonyl (C=O) groups excluding carboxylic acids is 1. The fraction of sp³-hybridized carbons (Fsp3) is 0.462. The van der Waals surface area contributed by atoms with Gasteiger partial charge in [0.15, 0.2) is 0 Å². The van der Waals surface area contributed by atoms with Gasteiger partial charge in [-0.3, -0.25) is 14.7 Å². The monoisotopic (exact) mass is 483 g/mol. The van der Waals surface area contributed by atoms with Crippen molar-refractivity contribution in [2.24, 2.45) is 4.99 Å². The maximum Gasteiger partial charge on any atom is 0.256 e. The van der Waals surface area contributed by atoms with E-state index in [1.165, 1.54) is 0 Å². The molecule has 7 nitrogen and oxygen atoms in total. The van der Waals surface area contributed by atoms with Gasteiger partial charge in [0.1, 0.15) is 17.1 Å². The van der Waals surface area contributed by atoms with Crippen molar-refractivity contribution in [2.45, 2.75) is 75.9 Å². The van der Waals surface area contributed by atoms with Gasteiger partial charge in [0.25, 0.3) is 5.91 Å². The number of benzene rings is 2. The highest BCUT2D eigenvalue weighted by molar-refractivity contribution is 7.89. The third kappa shape index (κ3) is 4.61. The van der Waals surface area contributed by atoms with Gasteiger partial charge in [-0.25, -0.2) is 13.1 Å². The van der Waals surface area contributed by atoms with E-state index in [-0.39, 0.29) is 22.9 Å². The molecule has 8 heteroatoms. The van der Waals surface area contributed by atoms with E-state index in [4.69, 9.17) is 9.73 Å². The van der Waals surface area contributed by atoms with Crippen LogP contribution in [0.15, 0.2) is 58.4 Å². The van der Waals surface area contributed by atoms with Crippen LogP contribution in [-0.2, 0) is 14.8 Å². The first-order chi connectivity index (χ1) is 16.2. The molecule has 1 fully saturated rings. The zero-order chi connectivity index (χ0) is 24.5. The van der Waals surface area contributed by atoms with E-state index in [9.17, 15) is 13.2 Å². The van der Waals surface area contributed by atoms with Gasteiger partial charge in [0.2, 0.25) is 10.0 Å². The number of rotatable bonds is 7. The molecule has 4 rings (SSSR count). The van der Waals surface area contributed by atoms with E-state index < -0.39 is 15.6 Å². The van der Waals surface area contributed by atoms with Crippen LogP contribution in [0, 0.1) is 6.92 Å².